The Morgan fingerprint density at radius 3 is 2.27 bits per heavy atom. The Kier molecular flexibility index (Phi) is 12.1. The van der Waals surface area contributed by atoms with Crippen molar-refractivity contribution >= 4 is 39.9 Å². The van der Waals surface area contributed by atoms with Gasteiger partial charge in [-0.05, 0) is 61.2 Å². The lowest BCUT2D eigenvalue weighted by atomic mass is 10.0. The molecule has 0 saturated heterocycles. The fourth-order valence-electron chi connectivity index (χ4n) is 4.40. The molecule has 0 aliphatic carbocycles. The molecule has 2 aromatic heterocycles. The van der Waals surface area contributed by atoms with Crippen LogP contribution in [0.15, 0.2) is 70.4 Å². The van der Waals surface area contributed by atoms with E-state index in [9.17, 15) is 14.4 Å². The van der Waals surface area contributed by atoms with E-state index in [2.05, 4.69) is 48.2 Å². The highest BCUT2D eigenvalue weighted by atomic mass is 35.5. The summed E-state index contributed by atoms with van der Waals surface area (Å²) in [5, 5.41) is 13.5. The highest BCUT2D eigenvalue weighted by Gasteiger charge is 2.16. The molecule has 228 valence electrons. The van der Waals surface area contributed by atoms with Crippen LogP contribution < -0.4 is 16.0 Å². The average Bonchev–Trinajstić information content (AvgIpc) is 3.44. The predicted octanol–water partition coefficient (Wildman–Crippen LogP) is 7.80. The lowest BCUT2D eigenvalue weighted by molar-refractivity contribution is 0.101. The Morgan fingerprint density at radius 2 is 1.68 bits per heavy atom. The molecule has 44 heavy (non-hydrogen) atoms. The number of Topliss-reactive ketones (excluding diaryl/α,β-unsaturated/α-hetero) is 1. The van der Waals surface area contributed by atoms with Crippen LogP contribution in [0.25, 0.3) is 16.6 Å². The van der Waals surface area contributed by atoms with Crippen LogP contribution >= 0.6 is 23.2 Å². The quantitative estimate of drug-likeness (QED) is 0.176. The van der Waals surface area contributed by atoms with Crippen LogP contribution in [0.3, 0.4) is 0 Å². The second-order valence-electron chi connectivity index (χ2n) is 9.31. The van der Waals surface area contributed by atoms with E-state index in [4.69, 9.17) is 33.2 Å². The van der Waals surface area contributed by atoms with Gasteiger partial charge in [-0.1, -0.05) is 81.6 Å². The van der Waals surface area contributed by atoms with Gasteiger partial charge in [0.25, 0.3) is 5.56 Å². The van der Waals surface area contributed by atoms with E-state index in [0.29, 0.717) is 16.7 Å². The van der Waals surface area contributed by atoms with Gasteiger partial charge in [0.1, 0.15) is 11.8 Å². The number of nitriles is 1. The zero-order valence-electron chi connectivity index (χ0n) is 25.1. The number of benzene rings is 3. The number of hydrogen-bond acceptors (Lipinski definition) is 6. The maximum Gasteiger partial charge on any atom is 0.349 e. The molecular formula is C33H33Cl2N5O4. The molecule has 2 heterocycles. The molecule has 5 aromatic rings. The summed E-state index contributed by atoms with van der Waals surface area (Å²) in [6.07, 6.45) is 5.26. The van der Waals surface area contributed by atoms with Gasteiger partial charge in [0.2, 0.25) is 5.69 Å². The Balaban J connectivity index is 0.000000342. The lowest BCUT2D eigenvalue weighted by Crippen LogP contribution is -2.33. The van der Waals surface area contributed by atoms with Crippen molar-refractivity contribution in [2.24, 2.45) is 0 Å². The molecule has 3 aromatic carbocycles. The number of fused-ring (bicyclic) bond motifs is 1. The van der Waals surface area contributed by atoms with Gasteiger partial charge in [0.05, 0.1) is 15.7 Å². The fourth-order valence-corrected chi connectivity index (χ4v) is 4.96. The Labute approximate surface area is 265 Å². The number of carbonyl (C=O) groups excluding carboxylic acids is 1. The van der Waals surface area contributed by atoms with Crippen LogP contribution in [0.5, 0.6) is 11.5 Å². The first-order chi connectivity index (χ1) is 21.2. The minimum atomic E-state index is -0.897. The molecule has 0 aliphatic rings. The third-order valence-corrected chi connectivity index (χ3v) is 6.99. The van der Waals surface area contributed by atoms with E-state index in [1.54, 1.807) is 30.5 Å². The molecule has 0 amide bonds. The van der Waals surface area contributed by atoms with Gasteiger partial charge in [0.15, 0.2) is 11.5 Å². The Morgan fingerprint density at radius 1 is 1.02 bits per heavy atom. The van der Waals surface area contributed by atoms with Gasteiger partial charge in [-0.25, -0.2) is 4.79 Å². The van der Waals surface area contributed by atoms with E-state index in [1.807, 2.05) is 18.8 Å². The molecule has 0 unspecified atom stereocenters. The third kappa shape index (κ3) is 7.84. The van der Waals surface area contributed by atoms with Crippen molar-refractivity contribution < 1.29 is 9.53 Å². The summed E-state index contributed by atoms with van der Waals surface area (Å²) in [5.74, 6) is 0.404. The number of nitrogens with zero attached hydrogens (tertiary/aromatic N) is 3. The van der Waals surface area contributed by atoms with Crippen molar-refractivity contribution in [2.45, 2.75) is 53.9 Å². The minimum absolute atomic E-state index is 0.0573. The normalized spacial score (nSPS) is 10.2. The van der Waals surface area contributed by atoms with Gasteiger partial charge in [-0.15, -0.1) is 5.10 Å². The summed E-state index contributed by atoms with van der Waals surface area (Å²) >= 11 is 12.6. The number of rotatable bonds is 7. The van der Waals surface area contributed by atoms with E-state index in [-0.39, 0.29) is 27.3 Å². The number of carbonyl (C=O) groups is 1. The summed E-state index contributed by atoms with van der Waals surface area (Å²) in [5.41, 5.74) is 2.19. The first-order valence-electron chi connectivity index (χ1n) is 14.2. The molecule has 0 fully saturated rings. The molecule has 0 aliphatic heterocycles. The number of halogens is 2. The highest BCUT2D eigenvalue weighted by molar-refractivity contribution is 6.37. The molecule has 0 saturated carbocycles. The molecule has 2 N–H and O–H groups in total. The van der Waals surface area contributed by atoms with Crippen molar-refractivity contribution in [1.82, 2.24) is 19.7 Å². The van der Waals surface area contributed by atoms with Gasteiger partial charge >= 0.3 is 5.69 Å². The maximum atomic E-state index is 12.1. The summed E-state index contributed by atoms with van der Waals surface area (Å²) in [4.78, 5) is 40.4. The van der Waals surface area contributed by atoms with Crippen molar-refractivity contribution in [1.29, 1.82) is 5.26 Å². The number of aromatic nitrogens is 4. The van der Waals surface area contributed by atoms with Crippen LogP contribution in [0.2, 0.25) is 10.0 Å². The summed E-state index contributed by atoms with van der Waals surface area (Å²) in [7, 11) is 0. The molecule has 0 bridgehead atoms. The first kappa shape index (κ1) is 33.8. The van der Waals surface area contributed by atoms with Gasteiger partial charge in [-0.2, -0.15) is 9.94 Å². The maximum absolute atomic E-state index is 12.1. The molecule has 5 rings (SSSR count). The van der Waals surface area contributed by atoms with Gasteiger partial charge in [-0.3, -0.25) is 14.6 Å². The monoisotopic (exact) mass is 633 g/mol. The number of hydrogen-bond donors (Lipinski definition) is 2. The molecule has 9 nitrogen and oxygen atoms in total. The highest BCUT2D eigenvalue weighted by Crippen LogP contribution is 2.39. The van der Waals surface area contributed by atoms with Gasteiger partial charge in [0, 0.05) is 22.7 Å². The Hall–Kier alpha value is -4.65. The molecular weight excluding hydrogens is 601 g/mol. The van der Waals surface area contributed by atoms with Crippen LogP contribution in [0.4, 0.5) is 0 Å². The number of aryl methyl sites for hydroxylation is 2. The zero-order chi connectivity index (χ0) is 32.4. The molecule has 0 spiro atoms. The standard InChI is InChI=1S/C20H11Cl2N5O4.C11H16.C2H6/c1-9(28)13-8-24-16-3-2-11(6-12(13)16)31-18-14(21)4-10(5-15(18)22)27-20(30)25-19(29)17(7-23)26-27;1-3-7-11-9-6-5-8-10(11)4-2;1-2/h2-6,8,24H,1H3,(H,25,29,30);5-6,8-9H,3-4,7H2,1-2H3;1-2H3. The average molecular weight is 635 g/mol. The number of ether oxygens (including phenoxy) is 1. The van der Waals surface area contributed by atoms with Crippen molar-refractivity contribution in [3.8, 4) is 23.3 Å². The van der Waals surface area contributed by atoms with Crippen molar-refractivity contribution in [3.63, 3.8) is 0 Å². The second kappa shape index (κ2) is 15.7. The largest absolute Gasteiger partial charge is 0.454 e. The van der Waals surface area contributed by atoms with E-state index >= 15 is 0 Å². The van der Waals surface area contributed by atoms with Crippen LogP contribution in [-0.4, -0.2) is 25.5 Å². The molecule has 0 radical (unpaired) electrons. The SMILES string of the molecule is CC.CC(=O)c1c[nH]c2ccc(Oc3c(Cl)cc(-n4nc(C#N)c(=O)[nH]c4=O)cc3Cl)cc12.CCCc1ccccc1CC. The van der Waals surface area contributed by atoms with Crippen LogP contribution in [0.1, 0.15) is 68.2 Å². The van der Waals surface area contributed by atoms with Crippen molar-refractivity contribution in [2.75, 3.05) is 0 Å². The van der Waals surface area contributed by atoms with E-state index in [1.165, 1.54) is 43.0 Å². The topological polar surface area (TPSA) is 134 Å². The number of nitrogens with one attached hydrogen (secondary N) is 2. The smallest absolute Gasteiger partial charge is 0.349 e. The zero-order valence-corrected chi connectivity index (χ0v) is 26.6. The summed E-state index contributed by atoms with van der Waals surface area (Å²) in [6, 6.07) is 18.1. The minimum Gasteiger partial charge on any atom is -0.454 e. The van der Waals surface area contributed by atoms with E-state index < -0.39 is 16.9 Å². The molecule has 0 atom stereocenters. The molecule has 11 heteroatoms. The summed E-state index contributed by atoms with van der Waals surface area (Å²) in [6.45, 7) is 9.91. The Bertz CT molecular complexity index is 1910. The number of ketones is 1. The predicted molar refractivity (Wildman–Crippen MR) is 175 cm³/mol. The van der Waals surface area contributed by atoms with E-state index in [0.717, 1.165) is 16.6 Å². The fraction of sp³-hybridized carbons (Fsp3) is 0.242. The lowest BCUT2D eigenvalue weighted by Gasteiger charge is -2.12. The van der Waals surface area contributed by atoms with Crippen LogP contribution in [0, 0.1) is 11.3 Å². The number of H-pyrrole nitrogens is 2. The van der Waals surface area contributed by atoms with Crippen molar-refractivity contribution in [3.05, 3.63) is 114 Å². The summed E-state index contributed by atoms with van der Waals surface area (Å²) < 4.78 is 6.63. The third-order valence-electron chi connectivity index (χ3n) is 6.43. The van der Waals surface area contributed by atoms with Crippen LogP contribution in [-0.2, 0) is 12.8 Å². The number of aromatic amines is 2. The first-order valence-corrected chi connectivity index (χ1v) is 14.9. The van der Waals surface area contributed by atoms with Gasteiger partial charge < -0.3 is 9.72 Å². The second-order valence-corrected chi connectivity index (χ2v) is 10.1.